The quantitative estimate of drug-likeness (QED) is 0.456. The van der Waals surface area contributed by atoms with Crippen molar-refractivity contribution in [3.8, 4) is 0 Å². The van der Waals surface area contributed by atoms with Crippen molar-refractivity contribution in [1.29, 1.82) is 0 Å². The molecule has 142 valence electrons. The summed E-state index contributed by atoms with van der Waals surface area (Å²) in [6.07, 6.45) is 11.3. The first-order valence-electron chi connectivity index (χ1n) is 10.2. The third-order valence-corrected chi connectivity index (χ3v) is 5.45. The molecule has 0 amide bonds. The molecule has 1 aliphatic carbocycles. The minimum Gasteiger partial charge on any atom is -0.373 e. The lowest BCUT2D eigenvalue weighted by atomic mass is 9.89. The van der Waals surface area contributed by atoms with E-state index in [1.54, 1.807) is 5.57 Å². The van der Waals surface area contributed by atoms with Crippen molar-refractivity contribution < 1.29 is 4.74 Å². The van der Waals surface area contributed by atoms with E-state index in [1.165, 1.54) is 37.7 Å². The van der Waals surface area contributed by atoms with Gasteiger partial charge in [0.25, 0.3) is 0 Å². The highest BCUT2D eigenvalue weighted by molar-refractivity contribution is 5.79. The molecule has 0 spiro atoms. The highest BCUT2D eigenvalue weighted by atomic mass is 16.5. The van der Waals surface area contributed by atoms with Crippen LogP contribution in [0.25, 0.3) is 0 Å². The molecule has 1 aliphatic heterocycles. The van der Waals surface area contributed by atoms with Gasteiger partial charge in [-0.3, -0.25) is 4.99 Å². The van der Waals surface area contributed by atoms with E-state index in [2.05, 4.69) is 52.0 Å². The van der Waals surface area contributed by atoms with E-state index >= 15 is 0 Å². The number of hydrogen-bond acceptors (Lipinski definition) is 2. The van der Waals surface area contributed by atoms with E-state index in [1.807, 2.05) is 7.05 Å². The van der Waals surface area contributed by atoms with Gasteiger partial charge in [0.05, 0.1) is 6.10 Å². The summed E-state index contributed by atoms with van der Waals surface area (Å²) in [5.41, 5.74) is 2.88. The van der Waals surface area contributed by atoms with E-state index in [0.29, 0.717) is 5.92 Å². The predicted octanol–water partition coefficient (Wildman–Crippen LogP) is 4.21. The van der Waals surface area contributed by atoms with E-state index < -0.39 is 0 Å². The molecule has 26 heavy (non-hydrogen) atoms. The SMILES string of the molecule is CN=C(NCCC1=CCCCC1)NCC1CCCOC1c1ccccc1. The second-order valence-electron chi connectivity index (χ2n) is 7.34. The summed E-state index contributed by atoms with van der Waals surface area (Å²) < 4.78 is 6.10. The number of benzene rings is 1. The Labute approximate surface area is 158 Å². The fourth-order valence-electron chi connectivity index (χ4n) is 3.99. The summed E-state index contributed by atoms with van der Waals surface area (Å²) in [4.78, 5) is 4.39. The summed E-state index contributed by atoms with van der Waals surface area (Å²) in [6, 6.07) is 10.6. The van der Waals surface area contributed by atoms with Gasteiger partial charge in [0, 0.05) is 32.7 Å². The molecule has 2 atom stereocenters. The number of ether oxygens (including phenoxy) is 1. The molecule has 0 aromatic heterocycles. The van der Waals surface area contributed by atoms with Crippen molar-refractivity contribution in [2.75, 3.05) is 26.7 Å². The highest BCUT2D eigenvalue weighted by Crippen LogP contribution is 2.33. The Balaban J connectivity index is 1.46. The minimum atomic E-state index is 0.183. The van der Waals surface area contributed by atoms with Crippen molar-refractivity contribution >= 4 is 5.96 Å². The number of rotatable bonds is 6. The second kappa shape index (κ2) is 10.4. The Morgan fingerprint density at radius 3 is 2.81 bits per heavy atom. The fourth-order valence-corrected chi connectivity index (χ4v) is 3.99. The molecule has 2 N–H and O–H groups in total. The average Bonchev–Trinajstić information content (AvgIpc) is 2.72. The molecule has 4 nitrogen and oxygen atoms in total. The number of aliphatic imine (C=N–C) groups is 1. The maximum absolute atomic E-state index is 6.10. The molecule has 1 aromatic carbocycles. The molecular weight excluding hydrogens is 322 g/mol. The van der Waals surface area contributed by atoms with Crippen LogP contribution < -0.4 is 10.6 Å². The maximum atomic E-state index is 6.10. The van der Waals surface area contributed by atoms with Gasteiger partial charge in [-0.25, -0.2) is 0 Å². The van der Waals surface area contributed by atoms with Crippen molar-refractivity contribution in [2.24, 2.45) is 10.9 Å². The summed E-state index contributed by atoms with van der Waals surface area (Å²) in [7, 11) is 1.85. The molecule has 2 unspecified atom stereocenters. The first-order valence-corrected chi connectivity index (χ1v) is 10.2. The number of allylic oxidation sites excluding steroid dienone is 1. The minimum absolute atomic E-state index is 0.183. The molecule has 1 saturated heterocycles. The van der Waals surface area contributed by atoms with Gasteiger partial charge in [-0.15, -0.1) is 0 Å². The second-order valence-corrected chi connectivity index (χ2v) is 7.34. The fraction of sp³-hybridized carbons (Fsp3) is 0.591. The molecule has 0 radical (unpaired) electrons. The van der Waals surface area contributed by atoms with Gasteiger partial charge in [-0.1, -0.05) is 42.0 Å². The van der Waals surface area contributed by atoms with Crippen LogP contribution in [-0.2, 0) is 4.74 Å². The largest absolute Gasteiger partial charge is 0.373 e. The molecular formula is C22H33N3O. The molecule has 4 heteroatoms. The van der Waals surface area contributed by atoms with Gasteiger partial charge < -0.3 is 15.4 Å². The van der Waals surface area contributed by atoms with Crippen LogP contribution in [0.4, 0.5) is 0 Å². The smallest absolute Gasteiger partial charge is 0.190 e. The Bertz CT molecular complexity index is 597. The van der Waals surface area contributed by atoms with Gasteiger partial charge in [-0.05, 0) is 50.5 Å². The van der Waals surface area contributed by atoms with E-state index in [4.69, 9.17) is 4.74 Å². The first kappa shape index (κ1) is 19.0. The standard InChI is InChI=1S/C22H33N3O/c1-23-22(24-15-14-18-9-4-2-5-10-18)25-17-20-13-8-16-26-21(20)19-11-6-3-7-12-19/h3,6-7,9,11-12,20-21H,2,4-5,8,10,13-17H2,1H3,(H2,23,24,25). The van der Waals surface area contributed by atoms with Gasteiger partial charge in [0.1, 0.15) is 0 Å². The van der Waals surface area contributed by atoms with Crippen LogP contribution in [0.3, 0.4) is 0 Å². The Morgan fingerprint density at radius 1 is 1.15 bits per heavy atom. The zero-order valence-corrected chi connectivity index (χ0v) is 16.0. The van der Waals surface area contributed by atoms with Gasteiger partial charge in [0.15, 0.2) is 5.96 Å². The molecule has 0 bridgehead atoms. The highest BCUT2D eigenvalue weighted by Gasteiger charge is 2.27. The maximum Gasteiger partial charge on any atom is 0.190 e. The van der Waals surface area contributed by atoms with Crippen LogP contribution in [0.5, 0.6) is 0 Å². The third-order valence-electron chi connectivity index (χ3n) is 5.45. The Kier molecular flexibility index (Phi) is 7.56. The van der Waals surface area contributed by atoms with E-state index in [0.717, 1.165) is 38.5 Å². The van der Waals surface area contributed by atoms with Crippen LogP contribution >= 0.6 is 0 Å². The topological polar surface area (TPSA) is 45.7 Å². The van der Waals surface area contributed by atoms with Crippen LogP contribution in [-0.4, -0.2) is 32.7 Å². The molecule has 2 aliphatic rings. The zero-order chi connectivity index (χ0) is 18.0. The number of guanidine groups is 1. The lowest BCUT2D eigenvalue weighted by Gasteiger charge is -2.32. The van der Waals surface area contributed by atoms with Gasteiger partial charge in [-0.2, -0.15) is 0 Å². The van der Waals surface area contributed by atoms with Crippen molar-refractivity contribution in [1.82, 2.24) is 10.6 Å². The molecule has 0 saturated carbocycles. The van der Waals surface area contributed by atoms with Crippen molar-refractivity contribution in [3.63, 3.8) is 0 Å². The van der Waals surface area contributed by atoms with Crippen molar-refractivity contribution in [2.45, 2.75) is 51.0 Å². The van der Waals surface area contributed by atoms with Crippen LogP contribution in [0.15, 0.2) is 47.0 Å². The summed E-state index contributed by atoms with van der Waals surface area (Å²) in [5, 5.41) is 6.98. The Hall–Kier alpha value is -1.81. The Morgan fingerprint density at radius 2 is 2.04 bits per heavy atom. The van der Waals surface area contributed by atoms with E-state index in [9.17, 15) is 0 Å². The summed E-state index contributed by atoms with van der Waals surface area (Å²) in [5.74, 6) is 1.38. The zero-order valence-electron chi connectivity index (χ0n) is 16.0. The monoisotopic (exact) mass is 355 g/mol. The van der Waals surface area contributed by atoms with Crippen LogP contribution in [0.2, 0.25) is 0 Å². The number of hydrogen-bond donors (Lipinski definition) is 2. The van der Waals surface area contributed by atoms with Gasteiger partial charge >= 0.3 is 0 Å². The van der Waals surface area contributed by atoms with Crippen molar-refractivity contribution in [3.05, 3.63) is 47.5 Å². The third kappa shape index (κ3) is 5.60. The number of nitrogens with zero attached hydrogens (tertiary/aromatic N) is 1. The van der Waals surface area contributed by atoms with Crippen LogP contribution in [0.1, 0.15) is 56.6 Å². The molecule has 1 aromatic rings. The molecule has 1 heterocycles. The normalized spacial score (nSPS) is 24.0. The molecule has 3 rings (SSSR count). The van der Waals surface area contributed by atoms with Crippen LogP contribution in [0, 0.1) is 5.92 Å². The summed E-state index contributed by atoms with van der Waals surface area (Å²) in [6.45, 7) is 2.70. The van der Waals surface area contributed by atoms with Gasteiger partial charge in [0.2, 0.25) is 0 Å². The summed E-state index contributed by atoms with van der Waals surface area (Å²) >= 11 is 0. The van der Waals surface area contributed by atoms with E-state index in [-0.39, 0.29) is 6.10 Å². The molecule has 1 fully saturated rings. The average molecular weight is 356 g/mol. The first-order chi connectivity index (χ1) is 12.9. The number of nitrogens with one attached hydrogen (secondary N) is 2. The lowest BCUT2D eigenvalue weighted by Crippen LogP contribution is -2.42. The predicted molar refractivity (Wildman–Crippen MR) is 108 cm³/mol. The lowest BCUT2D eigenvalue weighted by molar-refractivity contribution is -0.0265.